The normalized spacial score (nSPS) is 27.9. The van der Waals surface area contributed by atoms with Crippen LogP contribution in [0.4, 0.5) is 0 Å². The number of aliphatic imine (C=N–C) groups is 1. The molecule has 0 atom stereocenters. The summed E-state index contributed by atoms with van der Waals surface area (Å²) in [6.45, 7) is 7.96. The van der Waals surface area contributed by atoms with E-state index < -0.39 is 0 Å². The van der Waals surface area contributed by atoms with Gasteiger partial charge >= 0.3 is 0 Å². The van der Waals surface area contributed by atoms with Crippen molar-refractivity contribution in [1.82, 2.24) is 14.7 Å². The van der Waals surface area contributed by atoms with Crippen LogP contribution in [0.5, 0.6) is 0 Å². The molecule has 0 aromatic heterocycles. The average molecular weight is 336 g/mol. The fourth-order valence-electron chi connectivity index (χ4n) is 4.61. The minimum Gasteiger partial charge on any atom is -0.370 e. The van der Waals surface area contributed by atoms with Crippen LogP contribution in [-0.2, 0) is 0 Å². The highest BCUT2D eigenvalue weighted by Gasteiger charge is 2.39. The molecule has 0 unspecified atom stereocenters. The van der Waals surface area contributed by atoms with Crippen LogP contribution in [0.25, 0.3) is 0 Å². The first-order valence-corrected chi connectivity index (χ1v) is 10.2. The van der Waals surface area contributed by atoms with Crippen LogP contribution in [0.1, 0.15) is 57.8 Å². The van der Waals surface area contributed by atoms with E-state index in [4.69, 9.17) is 10.7 Å². The second-order valence-corrected chi connectivity index (χ2v) is 8.15. The van der Waals surface area contributed by atoms with Crippen molar-refractivity contribution in [2.45, 2.75) is 63.3 Å². The SMILES string of the molecule is CN1CCC(CN=C(N)N2CCCCCC2)(N2CCCCC2)CC1. The van der Waals surface area contributed by atoms with E-state index in [1.807, 2.05) is 0 Å². The van der Waals surface area contributed by atoms with Crippen LogP contribution in [0.2, 0.25) is 0 Å². The third-order valence-electron chi connectivity index (χ3n) is 6.41. The number of likely N-dealkylation sites (tertiary alicyclic amines) is 3. The number of piperidine rings is 2. The van der Waals surface area contributed by atoms with Crippen molar-refractivity contribution in [3.8, 4) is 0 Å². The van der Waals surface area contributed by atoms with Gasteiger partial charge in [0, 0.05) is 18.6 Å². The Kier molecular flexibility index (Phi) is 6.39. The van der Waals surface area contributed by atoms with Gasteiger partial charge in [-0.1, -0.05) is 19.3 Å². The zero-order valence-corrected chi connectivity index (χ0v) is 15.7. The van der Waals surface area contributed by atoms with Gasteiger partial charge in [0.05, 0.1) is 6.54 Å². The van der Waals surface area contributed by atoms with Crippen molar-refractivity contribution in [3.63, 3.8) is 0 Å². The van der Waals surface area contributed by atoms with E-state index in [9.17, 15) is 0 Å². The molecule has 0 aliphatic carbocycles. The molecule has 0 amide bonds. The van der Waals surface area contributed by atoms with Gasteiger partial charge in [-0.05, 0) is 71.8 Å². The Morgan fingerprint density at radius 1 is 0.833 bits per heavy atom. The molecule has 0 aromatic carbocycles. The zero-order valence-electron chi connectivity index (χ0n) is 15.7. The summed E-state index contributed by atoms with van der Waals surface area (Å²) >= 11 is 0. The van der Waals surface area contributed by atoms with Gasteiger partial charge in [-0.3, -0.25) is 9.89 Å². The number of guanidine groups is 1. The van der Waals surface area contributed by atoms with Crippen LogP contribution in [0.15, 0.2) is 4.99 Å². The fourth-order valence-corrected chi connectivity index (χ4v) is 4.61. The first kappa shape index (κ1) is 18.0. The first-order valence-electron chi connectivity index (χ1n) is 10.2. The first-order chi connectivity index (χ1) is 11.7. The van der Waals surface area contributed by atoms with Gasteiger partial charge in [0.25, 0.3) is 0 Å². The minimum atomic E-state index is 0.253. The monoisotopic (exact) mass is 335 g/mol. The molecule has 0 saturated carbocycles. The van der Waals surface area contributed by atoms with Gasteiger partial charge in [0.1, 0.15) is 0 Å². The number of hydrogen-bond donors (Lipinski definition) is 1. The summed E-state index contributed by atoms with van der Waals surface area (Å²) in [5.41, 5.74) is 6.65. The Bertz CT molecular complexity index is 400. The lowest BCUT2D eigenvalue weighted by atomic mass is 9.84. The van der Waals surface area contributed by atoms with E-state index in [0.29, 0.717) is 0 Å². The van der Waals surface area contributed by atoms with Crippen molar-refractivity contribution in [2.75, 3.05) is 52.9 Å². The average Bonchev–Trinajstić information content (AvgIpc) is 2.91. The molecule has 3 heterocycles. The highest BCUT2D eigenvalue weighted by molar-refractivity contribution is 5.78. The lowest BCUT2D eigenvalue weighted by molar-refractivity contribution is 0.0207. The van der Waals surface area contributed by atoms with Gasteiger partial charge in [0.15, 0.2) is 5.96 Å². The third-order valence-corrected chi connectivity index (χ3v) is 6.41. The molecule has 3 aliphatic rings. The number of rotatable bonds is 3. The summed E-state index contributed by atoms with van der Waals surface area (Å²) < 4.78 is 0. The highest BCUT2D eigenvalue weighted by Crippen LogP contribution is 2.31. The van der Waals surface area contributed by atoms with Crippen molar-refractivity contribution in [2.24, 2.45) is 10.7 Å². The Morgan fingerprint density at radius 3 is 2.00 bits per heavy atom. The van der Waals surface area contributed by atoms with Crippen LogP contribution in [0.3, 0.4) is 0 Å². The van der Waals surface area contributed by atoms with E-state index in [1.165, 1.54) is 84.0 Å². The van der Waals surface area contributed by atoms with Gasteiger partial charge in [-0.25, -0.2) is 0 Å². The number of hydrogen-bond acceptors (Lipinski definition) is 3. The quantitative estimate of drug-likeness (QED) is 0.634. The molecule has 0 spiro atoms. The number of nitrogens with two attached hydrogens (primary N) is 1. The molecular weight excluding hydrogens is 298 g/mol. The smallest absolute Gasteiger partial charge is 0.191 e. The van der Waals surface area contributed by atoms with Crippen molar-refractivity contribution in [1.29, 1.82) is 0 Å². The molecule has 0 aromatic rings. The summed E-state index contributed by atoms with van der Waals surface area (Å²) in [6.07, 6.45) is 11.8. The van der Waals surface area contributed by atoms with Gasteiger partial charge in [-0.2, -0.15) is 0 Å². The van der Waals surface area contributed by atoms with Crippen LogP contribution in [-0.4, -0.2) is 79.1 Å². The summed E-state index contributed by atoms with van der Waals surface area (Å²) in [5.74, 6) is 0.798. The van der Waals surface area contributed by atoms with E-state index >= 15 is 0 Å². The predicted molar refractivity (Wildman–Crippen MR) is 101 cm³/mol. The van der Waals surface area contributed by atoms with Crippen LogP contribution in [0, 0.1) is 0 Å². The summed E-state index contributed by atoms with van der Waals surface area (Å²) in [7, 11) is 2.25. The van der Waals surface area contributed by atoms with E-state index in [1.54, 1.807) is 0 Å². The molecule has 24 heavy (non-hydrogen) atoms. The molecule has 3 aliphatic heterocycles. The maximum absolute atomic E-state index is 6.40. The van der Waals surface area contributed by atoms with E-state index in [0.717, 1.165) is 25.6 Å². The molecular formula is C19H37N5. The lowest BCUT2D eigenvalue weighted by Gasteiger charge is -2.49. The van der Waals surface area contributed by atoms with E-state index in [-0.39, 0.29) is 5.54 Å². The second-order valence-electron chi connectivity index (χ2n) is 8.15. The molecule has 5 nitrogen and oxygen atoms in total. The Morgan fingerprint density at radius 2 is 1.38 bits per heavy atom. The summed E-state index contributed by atoms with van der Waals surface area (Å²) in [4.78, 5) is 12.5. The van der Waals surface area contributed by atoms with Gasteiger partial charge in [0.2, 0.25) is 0 Å². The molecule has 2 N–H and O–H groups in total. The zero-order chi connectivity index (χ0) is 16.8. The molecule has 138 valence electrons. The maximum Gasteiger partial charge on any atom is 0.191 e. The summed E-state index contributed by atoms with van der Waals surface area (Å²) in [6, 6.07) is 0. The summed E-state index contributed by atoms with van der Waals surface area (Å²) in [5, 5.41) is 0. The highest BCUT2D eigenvalue weighted by atomic mass is 15.3. The Labute approximate surface area is 148 Å². The largest absolute Gasteiger partial charge is 0.370 e. The Balaban J connectivity index is 1.67. The molecule has 3 saturated heterocycles. The molecule has 0 radical (unpaired) electrons. The van der Waals surface area contributed by atoms with Crippen molar-refractivity contribution < 1.29 is 0 Å². The molecule has 3 fully saturated rings. The topological polar surface area (TPSA) is 48.1 Å². The second kappa shape index (κ2) is 8.52. The van der Waals surface area contributed by atoms with Crippen molar-refractivity contribution >= 4 is 5.96 Å². The fraction of sp³-hybridized carbons (Fsp3) is 0.947. The predicted octanol–water partition coefficient (Wildman–Crippen LogP) is 2.13. The lowest BCUT2D eigenvalue weighted by Crippen LogP contribution is -2.58. The van der Waals surface area contributed by atoms with Gasteiger partial charge < -0.3 is 15.5 Å². The minimum absolute atomic E-state index is 0.253. The maximum atomic E-state index is 6.40. The number of nitrogens with zero attached hydrogens (tertiary/aromatic N) is 4. The molecule has 3 rings (SSSR count). The Hall–Kier alpha value is -0.810. The van der Waals surface area contributed by atoms with Crippen LogP contribution < -0.4 is 5.73 Å². The standard InChI is InChI=1S/C19H37N5/c1-22-15-9-19(10-16-22,24-13-7-4-8-14-24)17-21-18(20)23-11-5-2-3-6-12-23/h2-17H2,1H3,(H2,20,21). The molecule has 5 heteroatoms. The van der Waals surface area contributed by atoms with Crippen molar-refractivity contribution in [3.05, 3.63) is 0 Å². The van der Waals surface area contributed by atoms with Gasteiger partial charge in [-0.15, -0.1) is 0 Å². The third kappa shape index (κ3) is 4.42. The molecule has 0 bridgehead atoms. The van der Waals surface area contributed by atoms with Crippen LogP contribution >= 0.6 is 0 Å². The van der Waals surface area contributed by atoms with E-state index in [2.05, 4.69) is 21.7 Å².